The van der Waals surface area contributed by atoms with Gasteiger partial charge in [-0.15, -0.1) is 0 Å². The molecule has 0 aliphatic heterocycles. The minimum absolute atomic E-state index is 0.316. The summed E-state index contributed by atoms with van der Waals surface area (Å²) in [5, 5.41) is 0. The predicted octanol–water partition coefficient (Wildman–Crippen LogP) is 2.82. The van der Waals surface area contributed by atoms with E-state index in [1.807, 2.05) is 18.2 Å². The molecule has 0 atom stereocenters. The van der Waals surface area contributed by atoms with Crippen LogP contribution in [-0.2, 0) is 0 Å². The van der Waals surface area contributed by atoms with E-state index in [9.17, 15) is 4.79 Å². The third-order valence-corrected chi connectivity index (χ3v) is 2.64. The summed E-state index contributed by atoms with van der Waals surface area (Å²) in [4.78, 5) is 10.7. The van der Waals surface area contributed by atoms with Crippen molar-refractivity contribution in [2.45, 2.75) is 31.8 Å². The highest BCUT2D eigenvalue weighted by Gasteiger charge is 2.17. The number of benzene rings is 1. The summed E-state index contributed by atoms with van der Waals surface area (Å²) >= 11 is 0. The van der Waals surface area contributed by atoms with E-state index in [2.05, 4.69) is 0 Å². The summed E-state index contributed by atoms with van der Waals surface area (Å²) in [6, 6.07) is 7.40. The lowest BCUT2D eigenvalue weighted by molar-refractivity contribution is 0.111. The SMILES string of the molecule is O=Cc1ccccc1OC1CCCC1. The number of hydrogen-bond acceptors (Lipinski definition) is 2. The van der Waals surface area contributed by atoms with E-state index in [0.29, 0.717) is 11.7 Å². The summed E-state index contributed by atoms with van der Waals surface area (Å²) in [6.07, 6.45) is 5.89. The first-order chi connectivity index (χ1) is 6.90. The van der Waals surface area contributed by atoms with Gasteiger partial charge in [-0.25, -0.2) is 0 Å². The maximum absolute atomic E-state index is 10.7. The van der Waals surface area contributed by atoms with Crippen LogP contribution in [0.25, 0.3) is 0 Å². The monoisotopic (exact) mass is 190 g/mol. The van der Waals surface area contributed by atoms with Crippen molar-refractivity contribution in [3.05, 3.63) is 29.8 Å². The minimum atomic E-state index is 0.316. The van der Waals surface area contributed by atoms with Crippen molar-refractivity contribution < 1.29 is 9.53 Å². The lowest BCUT2D eigenvalue weighted by Gasteiger charge is -2.13. The van der Waals surface area contributed by atoms with Crippen LogP contribution in [0.3, 0.4) is 0 Å². The number of rotatable bonds is 3. The lowest BCUT2D eigenvalue weighted by Crippen LogP contribution is -2.11. The molecule has 1 fully saturated rings. The largest absolute Gasteiger partial charge is 0.490 e. The van der Waals surface area contributed by atoms with Gasteiger partial charge in [0.05, 0.1) is 11.7 Å². The van der Waals surface area contributed by atoms with Gasteiger partial charge >= 0.3 is 0 Å². The molecular formula is C12H14O2. The first-order valence-electron chi connectivity index (χ1n) is 5.11. The van der Waals surface area contributed by atoms with E-state index in [1.54, 1.807) is 6.07 Å². The molecule has 0 unspecified atom stereocenters. The van der Waals surface area contributed by atoms with Gasteiger partial charge in [0, 0.05) is 0 Å². The van der Waals surface area contributed by atoms with Gasteiger partial charge in [-0.05, 0) is 37.8 Å². The zero-order valence-corrected chi connectivity index (χ0v) is 8.11. The standard InChI is InChI=1S/C12H14O2/c13-9-10-5-1-4-8-12(10)14-11-6-2-3-7-11/h1,4-5,8-9,11H,2-3,6-7H2. The van der Waals surface area contributed by atoms with E-state index in [4.69, 9.17) is 4.74 Å². The van der Waals surface area contributed by atoms with Crippen molar-refractivity contribution in [1.82, 2.24) is 0 Å². The number of carbonyl (C=O) groups excluding carboxylic acids is 1. The Kier molecular flexibility index (Phi) is 2.82. The maximum atomic E-state index is 10.7. The fraction of sp³-hybridized carbons (Fsp3) is 0.417. The molecular weight excluding hydrogens is 176 g/mol. The van der Waals surface area contributed by atoms with E-state index in [1.165, 1.54) is 12.8 Å². The third kappa shape index (κ3) is 1.95. The van der Waals surface area contributed by atoms with Crippen LogP contribution in [0.5, 0.6) is 5.75 Å². The zero-order valence-electron chi connectivity index (χ0n) is 8.11. The Morgan fingerprint density at radius 3 is 2.64 bits per heavy atom. The average molecular weight is 190 g/mol. The molecule has 0 aromatic heterocycles. The first-order valence-corrected chi connectivity index (χ1v) is 5.11. The molecule has 0 amide bonds. The van der Waals surface area contributed by atoms with Gasteiger partial charge in [0.15, 0.2) is 6.29 Å². The lowest BCUT2D eigenvalue weighted by atomic mass is 10.2. The average Bonchev–Trinajstić information content (AvgIpc) is 2.71. The molecule has 0 spiro atoms. The number of aldehydes is 1. The molecule has 0 N–H and O–H groups in total. The number of hydrogen-bond donors (Lipinski definition) is 0. The third-order valence-electron chi connectivity index (χ3n) is 2.64. The van der Waals surface area contributed by atoms with Crippen molar-refractivity contribution >= 4 is 6.29 Å². The van der Waals surface area contributed by atoms with Crippen LogP contribution in [0.2, 0.25) is 0 Å². The Balaban J connectivity index is 2.10. The van der Waals surface area contributed by atoms with Gasteiger partial charge in [0.1, 0.15) is 5.75 Å². The Morgan fingerprint density at radius 2 is 1.93 bits per heavy atom. The molecule has 0 bridgehead atoms. The van der Waals surface area contributed by atoms with Crippen LogP contribution >= 0.6 is 0 Å². The van der Waals surface area contributed by atoms with Crippen molar-refractivity contribution in [3.63, 3.8) is 0 Å². The highest BCUT2D eigenvalue weighted by atomic mass is 16.5. The second-order valence-corrected chi connectivity index (χ2v) is 3.68. The van der Waals surface area contributed by atoms with Crippen LogP contribution in [0.4, 0.5) is 0 Å². The molecule has 1 aliphatic carbocycles. The molecule has 2 rings (SSSR count). The number of para-hydroxylation sites is 1. The van der Waals surface area contributed by atoms with E-state index in [-0.39, 0.29) is 0 Å². The fourth-order valence-electron chi connectivity index (χ4n) is 1.87. The fourth-order valence-corrected chi connectivity index (χ4v) is 1.87. The molecule has 74 valence electrons. The molecule has 1 aromatic carbocycles. The van der Waals surface area contributed by atoms with Crippen LogP contribution in [0, 0.1) is 0 Å². The Bertz CT molecular complexity index is 314. The maximum Gasteiger partial charge on any atom is 0.153 e. The van der Waals surface area contributed by atoms with Crippen LogP contribution in [0.1, 0.15) is 36.0 Å². The molecule has 2 heteroatoms. The van der Waals surface area contributed by atoms with Gasteiger partial charge in [-0.1, -0.05) is 12.1 Å². The second kappa shape index (κ2) is 4.27. The highest BCUT2D eigenvalue weighted by molar-refractivity contribution is 5.79. The van der Waals surface area contributed by atoms with Gasteiger partial charge in [-0.2, -0.15) is 0 Å². The molecule has 2 nitrogen and oxygen atoms in total. The van der Waals surface area contributed by atoms with Gasteiger partial charge in [0.25, 0.3) is 0 Å². The number of ether oxygens (including phenoxy) is 1. The predicted molar refractivity (Wildman–Crippen MR) is 54.7 cm³/mol. The van der Waals surface area contributed by atoms with E-state index < -0.39 is 0 Å². The smallest absolute Gasteiger partial charge is 0.153 e. The topological polar surface area (TPSA) is 26.3 Å². The molecule has 0 saturated heterocycles. The second-order valence-electron chi connectivity index (χ2n) is 3.68. The Labute approximate surface area is 83.9 Å². The minimum Gasteiger partial charge on any atom is -0.490 e. The van der Waals surface area contributed by atoms with Gasteiger partial charge in [-0.3, -0.25) is 4.79 Å². The quantitative estimate of drug-likeness (QED) is 0.685. The van der Waals surface area contributed by atoms with Gasteiger partial charge in [0.2, 0.25) is 0 Å². The Morgan fingerprint density at radius 1 is 1.21 bits per heavy atom. The molecule has 0 radical (unpaired) electrons. The molecule has 14 heavy (non-hydrogen) atoms. The van der Waals surface area contributed by atoms with Crippen molar-refractivity contribution in [2.75, 3.05) is 0 Å². The molecule has 1 aromatic rings. The first kappa shape index (κ1) is 9.25. The molecule has 1 saturated carbocycles. The normalized spacial score (nSPS) is 16.9. The summed E-state index contributed by atoms with van der Waals surface area (Å²) in [5.41, 5.74) is 0.652. The Hall–Kier alpha value is -1.31. The molecule has 1 aliphatic rings. The van der Waals surface area contributed by atoms with E-state index in [0.717, 1.165) is 24.9 Å². The highest BCUT2D eigenvalue weighted by Crippen LogP contribution is 2.25. The van der Waals surface area contributed by atoms with Crippen molar-refractivity contribution in [2.24, 2.45) is 0 Å². The van der Waals surface area contributed by atoms with Crippen LogP contribution in [0.15, 0.2) is 24.3 Å². The summed E-state index contributed by atoms with van der Waals surface area (Å²) in [5.74, 6) is 0.731. The van der Waals surface area contributed by atoms with Crippen molar-refractivity contribution in [3.8, 4) is 5.75 Å². The van der Waals surface area contributed by atoms with Gasteiger partial charge < -0.3 is 4.74 Å². The number of carbonyl (C=O) groups is 1. The van der Waals surface area contributed by atoms with Crippen LogP contribution in [-0.4, -0.2) is 12.4 Å². The summed E-state index contributed by atoms with van der Waals surface area (Å²) in [6.45, 7) is 0. The van der Waals surface area contributed by atoms with Crippen molar-refractivity contribution in [1.29, 1.82) is 0 Å². The molecule has 0 heterocycles. The summed E-state index contributed by atoms with van der Waals surface area (Å²) in [7, 11) is 0. The van der Waals surface area contributed by atoms with Crippen LogP contribution < -0.4 is 4.74 Å². The zero-order chi connectivity index (χ0) is 9.80. The summed E-state index contributed by atoms with van der Waals surface area (Å²) < 4.78 is 5.77. The van der Waals surface area contributed by atoms with E-state index >= 15 is 0 Å².